The molecule has 2 aliphatic rings. The van der Waals surface area contributed by atoms with E-state index in [1.165, 1.54) is 0 Å². The van der Waals surface area contributed by atoms with Crippen LogP contribution in [0.4, 0.5) is 0 Å². The van der Waals surface area contributed by atoms with Gasteiger partial charge in [-0.2, -0.15) is 0 Å². The van der Waals surface area contributed by atoms with Gasteiger partial charge in [-0.05, 0) is 37.5 Å². The molecule has 5 atom stereocenters. The molecule has 4 nitrogen and oxygen atoms in total. The molecule has 0 aromatic heterocycles. The molecule has 0 aromatic carbocycles. The summed E-state index contributed by atoms with van der Waals surface area (Å²) in [6.45, 7) is 4.87. The zero-order valence-corrected chi connectivity index (χ0v) is 12.2. The predicted octanol–water partition coefficient (Wildman–Crippen LogP) is 1.34. The van der Waals surface area contributed by atoms with Gasteiger partial charge in [0.05, 0.1) is 17.1 Å². The van der Waals surface area contributed by atoms with Gasteiger partial charge in [-0.25, -0.2) is 8.42 Å². The van der Waals surface area contributed by atoms with Crippen LogP contribution in [-0.4, -0.2) is 38.2 Å². The Bertz CT molecular complexity index is 364. The summed E-state index contributed by atoms with van der Waals surface area (Å²) in [6, 6.07) is -0.213. The Hall–Kier alpha value is -0.130. The Morgan fingerprint density at radius 1 is 1.28 bits per heavy atom. The van der Waals surface area contributed by atoms with Crippen LogP contribution in [0.25, 0.3) is 0 Å². The Balaban J connectivity index is 2.07. The van der Waals surface area contributed by atoms with Crippen LogP contribution in [0, 0.1) is 11.8 Å². The van der Waals surface area contributed by atoms with Crippen LogP contribution < -0.4 is 5.73 Å². The first kappa shape index (κ1) is 14.3. The van der Waals surface area contributed by atoms with Crippen LogP contribution in [-0.2, 0) is 14.6 Å². The van der Waals surface area contributed by atoms with Crippen molar-refractivity contribution in [2.45, 2.75) is 56.9 Å². The highest BCUT2D eigenvalue weighted by Gasteiger charge is 2.41. The predicted molar refractivity (Wildman–Crippen MR) is 72.1 cm³/mol. The molecule has 0 aromatic rings. The van der Waals surface area contributed by atoms with E-state index in [9.17, 15) is 8.42 Å². The van der Waals surface area contributed by atoms with Gasteiger partial charge in [-0.3, -0.25) is 0 Å². The summed E-state index contributed by atoms with van der Waals surface area (Å²) in [6.07, 6.45) is 3.52. The molecule has 1 saturated heterocycles. The van der Waals surface area contributed by atoms with E-state index in [4.69, 9.17) is 10.5 Å². The molecule has 0 radical (unpaired) electrons. The van der Waals surface area contributed by atoms with Gasteiger partial charge in [-0.1, -0.05) is 13.8 Å². The summed E-state index contributed by atoms with van der Waals surface area (Å²) in [5, 5.41) is -0.377. The highest BCUT2D eigenvalue weighted by Crippen LogP contribution is 2.33. The fourth-order valence-electron chi connectivity index (χ4n) is 3.65. The minimum absolute atomic E-state index is 0.103. The molecule has 1 aliphatic carbocycles. The SMILES string of the molecule is CC1CC(C)C(S(=O)(=O)CC2CCCO2)C(N)C1. The molecule has 1 aliphatic heterocycles. The summed E-state index contributed by atoms with van der Waals surface area (Å²) >= 11 is 0. The van der Waals surface area contributed by atoms with Crippen LogP contribution in [0.3, 0.4) is 0 Å². The first-order valence-electron chi connectivity index (χ1n) is 6.99. The number of hydrogen-bond donors (Lipinski definition) is 1. The van der Waals surface area contributed by atoms with E-state index < -0.39 is 9.84 Å². The molecule has 0 spiro atoms. The number of hydrogen-bond acceptors (Lipinski definition) is 4. The Morgan fingerprint density at radius 3 is 2.56 bits per heavy atom. The molecule has 2 fully saturated rings. The van der Waals surface area contributed by atoms with Gasteiger partial charge in [0.1, 0.15) is 0 Å². The van der Waals surface area contributed by atoms with Crippen molar-refractivity contribution in [1.29, 1.82) is 0 Å². The molecule has 5 unspecified atom stereocenters. The van der Waals surface area contributed by atoms with Crippen molar-refractivity contribution >= 4 is 9.84 Å². The first-order chi connectivity index (χ1) is 8.40. The number of nitrogens with two attached hydrogens (primary N) is 1. The van der Waals surface area contributed by atoms with Crippen LogP contribution in [0.1, 0.15) is 39.5 Å². The maximum Gasteiger partial charge on any atom is 0.157 e. The number of rotatable bonds is 3. The van der Waals surface area contributed by atoms with Crippen LogP contribution in [0.5, 0.6) is 0 Å². The summed E-state index contributed by atoms with van der Waals surface area (Å²) in [5.41, 5.74) is 6.10. The van der Waals surface area contributed by atoms with Crippen molar-refractivity contribution in [1.82, 2.24) is 0 Å². The van der Waals surface area contributed by atoms with Gasteiger partial charge in [0.2, 0.25) is 0 Å². The van der Waals surface area contributed by atoms with Crippen molar-refractivity contribution in [3.8, 4) is 0 Å². The maximum atomic E-state index is 12.5. The van der Waals surface area contributed by atoms with Gasteiger partial charge >= 0.3 is 0 Å². The zero-order valence-electron chi connectivity index (χ0n) is 11.3. The van der Waals surface area contributed by atoms with E-state index >= 15 is 0 Å². The smallest absolute Gasteiger partial charge is 0.157 e. The van der Waals surface area contributed by atoms with Crippen LogP contribution >= 0.6 is 0 Å². The minimum Gasteiger partial charge on any atom is -0.377 e. The molecule has 2 N–H and O–H groups in total. The maximum absolute atomic E-state index is 12.5. The van der Waals surface area contributed by atoms with Gasteiger partial charge in [0, 0.05) is 12.6 Å². The molecule has 0 amide bonds. The van der Waals surface area contributed by atoms with E-state index in [0.717, 1.165) is 25.7 Å². The van der Waals surface area contributed by atoms with E-state index in [1.807, 2.05) is 6.92 Å². The number of ether oxygens (including phenoxy) is 1. The topological polar surface area (TPSA) is 69.4 Å². The molecule has 0 bridgehead atoms. The second-order valence-electron chi connectivity index (χ2n) is 6.15. The van der Waals surface area contributed by atoms with Crippen molar-refractivity contribution in [2.24, 2.45) is 17.6 Å². The van der Waals surface area contributed by atoms with Gasteiger partial charge < -0.3 is 10.5 Å². The molecule has 1 heterocycles. The third-order valence-corrected chi connectivity index (χ3v) is 6.77. The molecule has 106 valence electrons. The highest BCUT2D eigenvalue weighted by atomic mass is 32.2. The van der Waals surface area contributed by atoms with E-state index in [-0.39, 0.29) is 29.1 Å². The second-order valence-corrected chi connectivity index (χ2v) is 8.35. The summed E-state index contributed by atoms with van der Waals surface area (Å²) in [4.78, 5) is 0. The molecular weight excluding hydrogens is 250 g/mol. The fraction of sp³-hybridized carbons (Fsp3) is 1.00. The Morgan fingerprint density at radius 2 is 2.00 bits per heavy atom. The standard InChI is InChI=1S/C13H25NO3S/c1-9-6-10(2)13(12(14)7-9)18(15,16)8-11-4-3-5-17-11/h9-13H,3-8,14H2,1-2H3. The largest absolute Gasteiger partial charge is 0.377 e. The zero-order chi connectivity index (χ0) is 13.3. The van der Waals surface area contributed by atoms with E-state index in [0.29, 0.717) is 12.5 Å². The van der Waals surface area contributed by atoms with Gasteiger partial charge in [0.25, 0.3) is 0 Å². The van der Waals surface area contributed by atoms with Crippen LogP contribution in [0.15, 0.2) is 0 Å². The summed E-state index contributed by atoms with van der Waals surface area (Å²) < 4.78 is 30.5. The lowest BCUT2D eigenvalue weighted by molar-refractivity contribution is 0.127. The third kappa shape index (κ3) is 3.06. The molecule has 2 rings (SSSR count). The van der Waals surface area contributed by atoms with Crippen molar-refractivity contribution in [2.75, 3.05) is 12.4 Å². The fourth-order valence-corrected chi connectivity index (χ4v) is 6.12. The lowest BCUT2D eigenvalue weighted by Gasteiger charge is -2.37. The van der Waals surface area contributed by atoms with E-state index in [1.54, 1.807) is 0 Å². The first-order valence-corrected chi connectivity index (χ1v) is 8.70. The minimum atomic E-state index is -3.14. The van der Waals surface area contributed by atoms with Gasteiger partial charge in [0.15, 0.2) is 9.84 Å². The third-order valence-electron chi connectivity index (χ3n) is 4.29. The quantitative estimate of drug-likeness (QED) is 0.844. The molecule has 5 heteroatoms. The van der Waals surface area contributed by atoms with E-state index in [2.05, 4.69) is 6.92 Å². The van der Waals surface area contributed by atoms with Crippen LogP contribution in [0.2, 0.25) is 0 Å². The lowest BCUT2D eigenvalue weighted by atomic mass is 9.80. The molecule has 18 heavy (non-hydrogen) atoms. The van der Waals surface area contributed by atoms with Crippen molar-refractivity contribution in [3.05, 3.63) is 0 Å². The summed E-state index contributed by atoms with van der Waals surface area (Å²) in [7, 11) is -3.14. The molecule has 1 saturated carbocycles. The lowest BCUT2D eigenvalue weighted by Crippen LogP contribution is -2.51. The highest BCUT2D eigenvalue weighted by molar-refractivity contribution is 7.92. The number of sulfone groups is 1. The summed E-state index contributed by atoms with van der Waals surface area (Å²) in [5.74, 6) is 0.851. The average Bonchev–Trinajstić information content (AvgIpc) is 2.66. The van der Waals surface area contributed by atoms with Gasteiger partial charge in [-0.15, -0.1) is 0 Å². The Labute approximate surface area is 110 Å². The Kier molecular flexibility index (Phi) is 4.34. The normalized spacial score (nSPS) is 42.1. The van der Waals surface area contributed by atoms with Crippen molar-refractivity contribution < 1.29 is 13.2 Å². The second kappa shape index (κ2) is 5.47. The van der Waals surface area contributed by atoms with Crippen molar-refractivity contribution in [3.63, 3.8) is 0 Å². The average molecular weight is 275 g/mol. The molecular formula is C13H25NO3S. The monoisotopic (exact) mass is 275 g/mol.